The van der Waals surface area contributed by atoms with Crippen LogP contribution in [0.3, 0.4) is 0 Å². The quantitative estimate of drug-likeness (QED) is 0.200. The minimum atomic E-state index is -4.68. The topological polar surface area (TPSA) is 72.4 Å². The van der Waals surface area contributed by atoms with E-state index in [2.05, 4.69) is 21.8 Å². The highest BCUT2D eigenvalue weighted by Gasteiger charge is 2.53. The van der Waals surface area contributed by atoms with Gasteiger partial charge in [0, 0.05) is 24.1 Å². The number of hydrogen-bond acceptors (Lipinski definition) is 6. The van der Waals surface area contributed by atoms with Crippen LogP contribution in [-0.4, -0.2) is 54.5 Å². The summed E-state index contributed by atoms with van der Waals surface area (Å²) in [5.41, 5.74) is 0.862. The van der Waals surface area contributed by atoms with E-state index in [1.807, 2.05) is 29.1 Å². The van der Waals surface area contributed by atoms with E-state index in [9.17, 15) is 22.8 Å². The molecule has 0 spiro atoms. The molecule has 0 unspecified atom stereocenters. The zero-order valence-corrected chi connectivity index (χ0v) is 21.2. The molecule has 2 aromatic carbocycles. The first-order chi connectivity index (χ1) is 18.7. The van der Waals surface area contributed by atoms with Crippen LogP contribution in [0.5, 0.6) is 0 Å². The largest absolute Gasteiger partial charge is 0.468 e. The Morgan fingerprint density at radius 1 is 1.15 bits per heavy atom. The summed E-state index contributed by atoms with van der Waals surface area (Å²) in [5, 5.41) is 0. The van der Waals surface area contributed by atoms with Crippen molar-refractivity contribution >= 4 is 19.6 Å². The molecular formula is C29H24BF3N3O3. The van der Waals surface area contributed by atoms with Crippen LogP contribution < -0.4 is 0 Å². The molecule has 1 aliphatic heterocycles. The second-order valence-electron chi connectivity index (χ2n) is 9.77. The number of rotatable bonds is 7. The summed E-state index contributed by atoms with van der Waals surface area (Å²) in [7, 11) is 2.84. The zero-order chi connectivity index (χ0) is 27.6. The van der Waals surface area contributed by atoms with Crippen LogP contribution in [0.25, 0.3) is 0 Å². The number of alkyl halides is 3. The molecule has 0 N–H and O–H groups in total. The van der Waals surface area contributed by atoms with Crippen LogP contribution in [0, 0.1) is 11.8 Å². The number of methoxy groups -OCH3 is 1. The van der Waals surface area contributed by atoms with Gasteiger partial charge in [0.1, 0.15) is 17.1 Å². The summed E-state index contributed by atoms with van der Waals surface area (Å²) in [6.07, 6.45) is -1.70. The lowest BCUT2D eigenvalue weighted by Gasteiger charge is -2.38. The smallest absolute Gasteiger partial charge is 0.420 e. The van der Waals surface area contributed by atoms with Crippen molar-refractivity contribution in [2.24, 2.45) is 0 Å². The van der Waals surface area contributed by atoms with Crippen molar-refractivity contribution < 1.29 is 27.5 Å². The molecule has 2 heterocycles. The first kappa shape index (κ1) is 26.6. The van der Waals surface area contributed by atoms with Gasteiger partial charge in [-0.2, -0.15) is 13.2 Å². The third-order valence-electron chi connectivity index (χ3n) is 7.22. The van der Waals surface area contributed by atoms with Crippen LogP contribution in [0.4, 0.5) is 13.2 Å². The van der Waals surface area contributed by atoms with Gasteiger partial charge >= 0.3 is 12.1 Å². The number of ether oxygens (including phenoxy) is 1. The molecular weight excluding hydrogens is 506 g/mol. The summed E-state index contributed by atoms with van der Waals surface area (Å²) >= 11 is 0. The number of benzene rings is 2. The van der Waals surface area contributed by atoms with E-state index in [0.29, 0.717) is 29.9 Å². The van der Waals surface area contributed by atoms with Crippen LogP contribution in [0.15, 0.2) is 54.7 Å². The van der Waals surface area contributed by atoms with Gasteiger partial charge in [0.15, 0.2) is 0 Å². The Morgan fingerprint density at radius 3 is 2.51 bits per heavy atom. The van der Waals surface area contributed by atoms with Gasteiger partial charge in [0.25, 0.3) is 7.41 Å². The Bertz CT molecular complexity index is 1450. The van der Waals surface area contributed by atoms with Crippen LogP contribution in [0.1, 0.15) is 58.1 Å². The van der Waals surface area contributed by atoms with Crippen molar-refractivity contribution in [2.45, 2.75) is 36.8 Å². The fourth-order valence-corrected chi connectivity index (χ4v) is 4.87. The van der Waals surface area contributed by atoms with E-state index in [0.717, 1.165) is 36.6 Å². The first-order valence-corrected chi connectivity index (χ1v) is 12.5. The van der Waals surface area contributed by atoms with Gasteiger partial charge in [-0.3, -0.25) is 4.79 Å². The Hall–Kier alpha value is -3.97. The second-order valence-corrected chi connectivity index (χ2v) is 9.77. The molecule has 0 atom stereocenters. The van der Waals surface area contributed by atoms with Crippen LogP contribution in [-0.2, 0) is 32.3 Å². The minimum absolute atomic E-state index is 0.219. The fourth-order valence-electron chi connectivity index (χ4n) is 4.87. The van der Waals surface area contributed by atoms with E-state index in [1.165, 1.54) is 14.5 Å². The molecule has 0 amide bonds. The molecule has 10 heteroatoms. The van der Waals surface area contributed by atoms with Gasteiger partial charge in [-0.25, -0.2) is 9.97 Å². The molecule has 1 aliphatic carbocycles. The van der Waals surface area contributed by atoms with Crippen LogP contribution in [0.2, 0.25) is 0 Å². The monoisotopic (exact) mass is 530 g/mol. The van der Waals surface area contributed by atoms with Gasteiger partial charge < -0.3 is 14.3 Å². The Balaban J connectivity index is 1.39. The lowest BCUT2D eigenvalue weighted by molar-refractivity contribution is -0.143. The summed E-state index contributed by atoms with van der Waals surface area (Å²) in [5.74, 6) is 5.61. The summed E-state index contributed by atoms with van der Waals surface area (Å²) in [6, 6.07) is 14.7. The average molecular weight is 530 g/mol. The minimum Gasteiger partial charge on any atom is -0.468 e. The Labute approximate surface area is 224 Å². The van der Waals surface area contributed by atoms with Crippen molar-refractivity contribution in [2.75, 3.05) is 20.2 Å². The molecule has 5 rings (SSSR count). The summed E-state index contributed by atoms with van der Waals surface area (Å²) in [4.78, 5) is 33.1. The summed E-state index contributed by atoms with van der Waals surface area (Å²) in [6.45, 7) is 1.54. The number of aromatic nitrogens is 2. The van der Waals surface area contributed by atoms with Crippen molar-refractivity contribution in [3.8, 4) is 11.8 Å². The van der Waals surface area contributed by atoms with E-state index < -0.39 is 22.8 Å². The van der Waals surface area contributed by atoms with E-state index in [1.54, 1.807) is 24.3 Å². The zero-order valence-electron chi connectivity index (χ0n) is 21.2. The molecule has 197 valence electrons. The lowest BCUT2D eigenvalue weighted by Crippen LogP contribution is -2.47. The van der Waals surface area contributed by atoms with E-state index >= 15 is 0 Å². The highest BCUT2D eigenvalue weighted by molar-refractivity contribution is 6.64. The molecule has 2 aliphatic rings. The van der Waals surface area contributed by atoms with Crippen molar-refractivity contribution in [1.29, 1.82) is 0 Å². The van der Waals surface area contributed by atoms with Gasteiger partial charge in [-0.15, -0.1) is 0 Å². The Kier molecular flexibility index (Phi) is 7.28. The highest BCUT2D eigenvalue weighted by atomic mass is 19.4. The summed E-state index contributed by atoms with van der Waals surface area (Å²) < 4.78 is 46.3. The second kappa shape index (κ2) is 10.7. The van der Waals surface area contributed by atoms with Gasteiger partial charge in [0.05, 0.1) is 18.7 Å². The SMILES string of the molecule is COC(=O)C1(c2ccccc2C#Cc2nc(Cc3ccc(C4CN([B]C=O)C4)cc3)ncc2C(F)(F)F)CC1. The molecule has 3 aromatic rings. The van der Waals surface area contributed by atoms with E-state index in [4.69, 9.17) is 4.74 Å². The van der Waals surface area contributed by atoms with Gasteiger partial charge in [-0.05, 0) is 54.6 Å². The third-order valence-corrected chi connectivity index (χ3v) is 7.22. The molecule has 6 nitrogen and oxygen atoms in total. The predicted molar refractivity (Wildman–Crippen MR) is 138 cm³/mol. The maximum absolute atomic E-state index is 13.8. The number of carbonyl (C=O) groups is 2. The fraction of sp³-hybridized carbons (Fsp3) is 0.310. The maximum Gasteiger partial charge on any atom is 0.420 e. The molecule has 1 aromatic heterocycles. The molecule has 1 saturated heterocycles. The van der Waals surface area contributed by atoms with Crippen molar-refractivity contribution in [3.63, 3.8) is 0 Å². The number of hydrogen-bond donors (Lipinski definition) is 0. The number of carbonyl (C=O) groups excluding carboxylic acids is 2. The molecule has 0 bridgehead atoms. The number of esters is 1. The Morgan fingerprint density at radius 2 is 1.87 bits per heavy atom. The van der Waals surface area contributed by atoms with Gasteiger partial charge in [-0.1, -0.05) is 48.4 Å². The highest BCUT2D eigenvalue weighted by Crippen LogP contribution is 2.50. The lowest BCUT2D eigenvalue weighted by atomic mass is 9.81. The van der Waals surface area contributed by atoms with Crippen molar-refractivity contribution in [1.82, 2.24) is 14.8 Å². The number of nitrogens with zero attached hydrogens (tertiary/aromatic N) is 3. The van der Waals surface area contributed by atoms with Crippen LogP contribution >= 0.6 is 0 Å². The molecule has 1 radical (unpaired) electrons. The standard InChI is InChI=1S/C29H24BF3N3O3/c1-39-27(38)28(12-13-28)23-5-3-2-4-21(23)10-11-25-24(29(31,32)33)15-34-26(35-25)14-19-6-8-20(9-7-19)22-16-36(17-22)30-18-37/h2-9,15,18,22H,12-14,16-17H2,1H3. The third kappa shape index (κ3) is 5.59. The average Bonchev–Trinajstić information content (AvgIpc) is 3.71. The maximum atomic E-state index is 13.8. The van der Waals surface area contributed by atoms with Gasteiger partial charge in [0.2, 0.25) is 0 Å². The molecule has 1 saturated carbocycles. The predicted octanol–water partition coefficient (Wildman–Crippen LogP) is 3.90. The normalized spacial score (nSPS) is 16.4. The molecule has 2 fully saturated rings. The molecule has 39 heavy (non-hydrogen) atoms. The first-order valence-electron chi connectivity index (χ1n) is 12.5. The van der Waals surface area contributed by atoms with Crippen molar-refractivity contribution in [3.05, 3.63) is 94.1 Å². The van der Waals surface area contributed by atoms with E-state index in [-0.39, 0.29) is 18.2 Å². The number of halogens is 3.